The van der Waals surface area contributed by atoms with Crippen LogP contribution in [0, 0.1) is 0 Å². The van der Waals surface area contributed by atoms with Crippen LogP contribution >= 0.6 is 0 Å². The minimum atomic E-state index is -1.02. The van der Waals surface area contributed by atoms with Crippen molar-refractivity contribution in [2.24, 2.45) is 0 Å². The first-order chi connectivity index (χ1) is 4.12. The Kier molecular flexibility index (Phi) is 3.42. The lowest BCUT2D eigenvalue weighted by atomic mass is 10.00. The van der Waals surface area contributed by atoms with Crippen LogP contribution in [0.15, 0.2) is 0 Å². The minimum Gasteiger partial charge on any atom is -0.396 e. The van der Waals surface area contributed by atoms with Crippen LogP contribution < -0.4 is 0 Å². The Morgan fingerprint density at radius 2 is 2.22 bits per heavy atom. The van der Waals surface area contributed by atoms with Crippen LogP contribution in [0.1, 0.15) is 19.8 Å². The number of aliphatic hydroxyl groups excluding tert-OH is 1. The summed E-state index contributed by atoms with van der Waals surface area (Å²) in [4.78, 5) is 9.85. The third-order valence-electron chi connectivity index (χ3n) is 1.17. The summed E-state index contributed by atoms with van der Waals surface area (Å²) in [6.07, 6.45) is 0.995. The van der Waals surface area contributed by atoms with Gasteiger partial charge in [0.1, 0.15) is 6.29 Å². The molecule has 0 aliphatic heterocycles. The van der Waals surface area contributed by atoms with Crippen molar-refractivity contribution in [3.05, 3.63) is 0 Å². The van der Waals surface area contributed by atoms with Crippen molar-refractivity contribution in [1.29, 1.82) is 0 Å². The van der Waals surface area contributed by atoms with Gasteiger partial charge in [0.05, 0.1) is 5.60 Å². The molecule has 1 atom stereocenters. The van der Waals surface area contributed by atoms with E-state index in [1.165, 1.54) is 6.92 Å². The van der Waals surface area contributed by atoms with Crippen molar-refractivity contribution in [3.8, 4) is 0 Å². The number of hydrogen-bond acceptors (Lipinski definition) is 3. The summed E-state index contributed by atoms with van der Waals surface area (Å²) in [6, 6.07) is 0. The van der Waals surface area contributed by atoms with Crippen LogP contribution in [-0.2, 0) is 4.79 Å². The molecule has 2 N–H and O–H groups in total. The molecule has 0 rings (SSSR count). The topological polar surface area (TPSA) is 57.5 Å². The van der Waals surface area contributed by atoms with E-state index in [0.29, 0.717) is 6.29 Å². The highest BCUT2D eigenvalue weighted by atomic mass is 16.3. The van der Waals surface area contributed by atoms with Gasteiger partial charge in [-0.25, -0.2) is 0 Å². The summed E-state index contributed by atoms with van der Waals surface area (Å²) < 4.78 is 0. The second-order valence-electron chi connectivity index (χ2n) is 2.34. The second kappa shape index (κ2) is 3.58. The van der Waals surface area contributed by atoms with Crippen LogP contribution in [0.5, 0.6) is 0 Å². The van der Waals surface area contributed by atoms with Gasteiger partial charge in [0.15, 0.2) is 0 Å². The molecule has 3 nitrogen and oxygen atoms in total. The molecule has 9 heavy (non-hydrogen) atoms. The van der Waals surface area contributed by atoms with Gasteiger partial charge < -0.3 is 15.0 Å². The molecule has 0 aromatic carbocycles. The normalized spacial score (nSPS) is 16.8. The van der Waals surface area contributed by atoms with Gasteiger partial charge in [-0.2, -0.15) is 0 Å². The van der Waals surface area contributed by atoms with E-state index in [1.807, 2.05) is 0 Å². The molecule has 0 fully saturated rings. The summed E-state index contributed by atoms with van der Waals surface area (Å²) in [5.74, 6) is 0. The average Bonchev–Trinajstić information content (AvgIpc) is 1.64. The van der Waals surface area contributed by atoms with E-state index in [0.717, 1.165) is 0 Å². The van der Waals surface area contributed by atoms with E-state index in [4.69, 9.17) is 10.2 Å². The van der Waals surface area contributed by atoms with Gasteiger partial charge >= 0.3 is 0 Å². The summed E-state index contributed by atoms with van der Waals surface area (Å²) in [5.41, 5.74) is -1.02. The fraction of sp³-hybridized carbons (Fsp3) is 0.833. The number of rotatable bonds is 4. The first-order valence-electron chi connectivity index (χ1n) is 2.89. The highest BCUT2D eigenvalue weighted by Gasteiger charge is 2.17. The Morgan fingerprint density at radius 3 is 2.56 bits per heavy atom. The maximum Gasteiger partial charge on any atom is 0.122 e. The summed E-state index contributed by atoms with van der Waals surface area (Å²) in [5, 5.41) is 17.5. The van der Waals surface area contributed by atoms with Gasteiger partial charge in [-0.1, -0.05) is 0 Å². The Labute approximate surface area is 54.3 Å². The zero-order chi connectivity index (χ0) is 7.33. The zero-order valence-corrected chi connectivity index (χ0v) is 5.50. The molecular weight excluding hydrogens is 120 g/mol. The Bertz CT molecular complexity index is 88.3. The van der Waals surface area contributed by atoms with Crippen molar-refractivity contribution in [1.82, 2.24) is 0 Å². The first-order valence-corrected chi connectivity index (χ1v) is 2.89. The summed E-state index contributed by atoms with van der Waals surface area (Å²) in [7, 11) is 0. The van der Waals surface area contributed by atoms with Gasteiger partial charge in [0, 0.05) is 13.0 Å². The quantitative estimate of drug-likeness (QED) is 0.517. The van der Waals surface area contributed by atoms with Crippen LogP contribution in [0.4, 0.5) is 0 Å². The van der Waals surface area contributed by atoms with E-state index < -0.39 is 5.60 Å². The third kappa shape index (κ3) is 4.12. The molecule has 54 valence electrons. The lowest BCUT2D eigenvalue weighted by Crippen LogP contribution is -2.25. The molecule has 0 aromatic rings. The highest BCUT2D eigenvalue weighted by Crippen LogP contribution is 2.10. The maximum absolute atomic E-state index is 9.85. The van der Waals surface area contributed by atoms with Crippen molar-refractivity contribution < 1.29 is 15.0 Å². The fourth-order valence-corrected chi connectivity index (χ4v) is 0.522. The molecule has 3 heteroatoms. The molecule has 0 aliphatic rings. The van der Waals surface area contributed by atoms with Crippen molar-refractivity contribution in [3.63, 3.8) is 0 Å². The fourth-order valence-electron chi connectivity index (χ4n) is 0.522. The number of carbonyl (C=O) groups excluding carboxylic acids is 1. The molecule has 0 saturated heterocycles. The molecule has 0 heterocycles. The van der Waals surface area contributed by atoms with Gasteiger partial charge in [-0.05, 0) is 13.3 Å². The lowest BCUT2D eigenvalue weighted by molar-refractivity contribution is -0.112. The number of carbonyl (C=O) groups is 1. The van der Waals surface area contributed by atoms with Crippen LogP contribution in [0.3, 0.4) is 0 Å². The SMILES string of the molecule is C[C@@](O)(CC=O)CCO. The van der Waals surface area contributed by atoms with Gasteiger partial charge in [0.25, 0.3) is 0 Å². The Morgan fingerprint density at radius 1 is 1.67 bits per heavy atom. The van der Waals surface area contributed by atoms with Crippen molar-refractivity contribution in [2.45, 2.75) is 25.4 Å². The van der Waals surface area contributed by atoms with Gasteiger partial charge in [-0.3, -0.25) is 0 Å². The Hall–Kier alpha value is -0.410. The molecule has 0 radical (unpaired) electrons. The molecule has 0 spiro atoms. The van der Waals surface area contributed by atoms with Gasteiger partial charge in [-0.15, -0.1) is 0 Å². The standard InChI is InChI=1S/C6H12O3/c1-6(9,2-4-7)3-5-8/h4,8-9H,2-3,5H2,1H3/t6-/m1/s1. The largest absolute Gasteiger partial charge is 0.396 e. The van der Waals surface area contributed by atoms with Crippen molar-refractivity contribution >= 4 is 6.29 Å². The number of hydrogen-bond donors (Lipinski definition) is 2. The van der Waals surface area contributed by atoms with E-state index >= 15 is 0 Å². The van der Waals surface area contributed by atoms with Gasteiger partial charge in [0.2, 0.25) is 0 Å². The molecule has 0 aromatic heterocycles. The van der Waals surface area contributed by atoms with E-state index in [9.17, 15) is 4.79 Å². The molecule has 0 saturated carbocycles. The molecular formula is C6H12O3. The van der Waals surface area contributed by atoms with E-state index in [1.54, 1.807) is 0 Å². The van der Waals surface area contributed by atoms with Crippen LogP contribution in [0.25, 0.3) is 0 Å². The Balaban J connectivity index is 3.55. The molecule has 0 unspecified atom stereocenters. The molecule has 0 aliphatic carbocycles. The third-order valence-corrected chi connectivity index (χ3v) is 1.17. The smallest absolute Gasteiger partial charge is 0.122 e. The number of aliphatic hydroxyl groups is 2. The predicted molar refractivity (Wildman–Crippen MR) is 33.0 cm³/mol. The lowest BCUT2D eigenvalue weighted by Gasteiger charge is -2.17. The summed E-state index contributed by atoms with van der Waals surface area (Å²) >= 11 is 0. The van der Waals surface area contributed by atoms with E-state index in [2.05, 4.69) is 0 Å². The van der Waals surface area contributed by atoms with Crippen LogP contribution in [-0.4, -0.2) is 28.7 Å². The van der Waals surface area contributed by atoms with E-state index in [-0.39, 0.29) is 19.4 Å². The first kappa shape index (κ1) is 8.59. The van der Waals surface area contributed by atoms with Crippen LogP contribution in [0.2, 0.25) is 0 Å². The van der Waals surface area contributed by atoms with Crippen molar-refractivity contribution in [2.75, 3.05) is 6.61 Å². The molecule has 0 bridgehead atoms. The summed E-state index contributed by atoms with van der Waals surface area (Å²) in [6.45, 7) is 1.44. The minimum absolute atomic E-state index is 0.0825. The maximum atomic E-state index is 9.85. The second-order valence-corrected chi connectivity index (χ2v) is 2.34. The monoisotopic (exact) mass is 132 g/mol. The highest BCUT2D eigenvalue weighted by molar-refractivity contribution is 5.51. The average molecular weight is 132 g/mol. The molecule has 0 amide bonds. The number of aldehydes is 1. The zero-order valence-electron chi connectivity index (χ0n) is 5.50. The predicted octanol–water partition coefficient (Wildman–Crippen LogP) is -0.291.